The fourth-order valence-corrected chi connectivity index (χ4v) is 1.56. The number of hydrazone groups is 1. The second-order valence-electron chi connectivity index (χ2n) is 2.41. The molecule has 0 unspecified atom stereocenters. The topological polar surface area (TPSA) is 58.6 Å². The van der Waals surface area contributed by atoms with Crippen molar-refractivity contribution in [1.82, 2.24) is 0 Å². The Morgan fingerprint density at radius 1 is 1.38 bits per heavy atom. The summed E-state index contributed by atoms with van der Waals surface area (Å²) in [5.74, 6) is 4.97. The van der Waals surface area contributed by atoms with Crippen molar-refractivity contribution in [2.45, 2.75) is 6.61 Å². The number of rotatable bonds is 2. The van der Waals surface area contributed by atoms with Gasteiger partial charge in [0.25, 0.3) is 0 Å². The van der Waals surface area contributed by atoms with Crippen molar-refractivity contribution in [3.63, 3.8) is 0 Å². The molecular weight excluding hydrogens is 211 g/mol. The van der Waals surface area contributed by atoms with E-state index < -0.39 is 0 Å². The zero-order valence-electron chi connectivity index (χ0n) is 6.67. The van der Waals surface area contributed by atoms with Gasteiger partial charge in [0.1, 0.15) is 0 Å². The maximum Gasteiger partial charge on any atom is 0.0682 e. The molecule has 0 saturated heterocycles. The first-order valence-electron chi connectivity index (χ1n) is 3.51. The normalized spacial score (nSPS) is 11.0. The van der Waals surface area contributed by atoms with E-state index in [4.69, 9.17) is 34.2 Å². The summed E-state index contributed by atoms with van der Waals surface area (Å²) in [7, 11) is 0. The van der Waals surface area contributed by atoms with Gasteiger partial charge in [-0.05, 0) is 17.7 Å². The lowest BCUT2D eigenvalue weighted by Gasteiger charge is -2.03. The Labute approximate surface area is 85.8 Å². The molecule has 0 amide bonds. The van der Waals surface area contributed by atoms with Gasteiger partial charge in [-0.1, -0.05) is 23.2 Å². The predicted octanol–water partition coefficient (Wildman–Crippen LogP) is 1.78. The van der Waals surface area contributed by atoms with E-state index in [1.807, 2.05) is 0 Å². The minimum atomic E-state index is -0.0977. The van der Waals surface area contributed by atoms with Crippen molar-refractivity contribution in [1.29, 1.82) is 0 Å². The van der Waals surface area contributed by atoms with Crippen molar-refractivity contribution in [2.75, 3.05) is 0 Å². The first-order chi connectivity index (χ1) is 6.19. The molecular formula is C8H8Cl2N2O. The molecule has 0 aromatic heterocycles. The summed E-state index contributed by atoms with van der Waals surface area (Å²) in [6.45, 7) is -0.0977. The molecule has 0 atom stereocenters. The number of hydrogen-bond donors (Lipinski definition) is 2. The number of hydrogen-bond acceptors (Lipinski definition) is 3. The minimum absolute atomic E-state index is 0.0977. The fourth-order valence-electron chi connectivity index (χ4n) is 0.926. The highest BCUT2D eigenvalue weighted by Crippen LogP contribution is 2.24. The highest BCUT2D eigenvalue weighted by molar-refractivity contribution is 6.38. The Bertz CT molecular complexity index is 316. The number of aliphatic hydroxyl groups is 1. The molecule has 0 heterocycles. The molecule has 5 heteroatoms. The van der Waals surface area contributed by atoms with Crippen LogP contribution < -0.4 is 5.84 Å². The summed E-state index contributed by atoms with van der Waals surface area (Å²) >= 11 is 11.7. The molecule has 0 bridgehead atoms. The highest BCUT2D eigenvalue weighted by atomic mass is 35.5. The van der Waals surface area contributed by atoms with E-state index in [9.17, 15) is 0 Å². The molecule has 1 rings (SSSR count). The Balaban J connectivity index is 3.22. The van der Waals surface area contributed by atoms with Crippen LogP contribution in [0.25, 0.3) is 0 Å². The van der Waals surface area contributed by atoms with Crippen LogP contribution in [0.15, 0.2) is 17.2 Å². The van der Waals surface area contributed by atoms with Gasteiger partial charge >= 0.3 is 0 Å². The zero-order chi connectivity index (χ0) is 9.84. The summed E-state index contributed by atoms with van der Waals surface area (Å²) in [6.07, 6.45) is 1.37. The van der Waals surface area contributed by atoms with Crippen LogP contribution in [0.1, 0.15) is 11.1 Å². The number of aliphatic hydroxyl groups excluding tert-OH is 1. The van der Waals surface area contributed by atoms with Crippen molar-refractivity contribution in [2.24, 2.45) is 10.9 Å². The summed E-state index contributed by atoms with van der Waals surface area (Å²) in [6, 6.07) is 3.23. The molecule has 0 aliphatic carbocycles. The largest absolute Gasteiger partial charge is 0.392 e. The number of nitrogens with zero attached hydrogens (tertiary/aromatic N) is 1. The van der Waals surface area contributed by atoms with Crippen LogP contribution in [-0.4, -0.2) is 11.3 Å². The number of halogens is 2. The quantitative estimate of drug-likeness (QED) is 0.452. The lowest BCUT2D eigenvalue weighted by Crippen LogP contribution is -1.92. The fraction of sp³-hybridized carbons (Fsp3) is 0.125. The molecule has 70 valence electrons. The van der Waals surface area contributed by atoms with Crippen LogP contribution in [0, 0.1) is 0 Å². The van der Waals surface area contributed by atoms with Crippen LogP contribution in [0.3, 0.4) is 0 Å². The molecule has 0 radical (unpaired) electrons. The Kier molecular flexibility index (Phi) is 3.54. The first-order valence-corrected chi connectivity index (χ1v) is 4.26. The van der Waals surface area contributed by atoms with Crippen LogP contribution in [-0.2, 0) is 6.61 Å². The van der Waals surface area contributed by atoms with E-state index in [0.29, 0.717) is 21.2 Å². The summed E-state index contributed by atoms with van der Waals surface area (Å²) < 4.78 is 0. The monoisotopic (exact) mass is 218 g/mol. The lowest BCUT2D eigenvalue weighted by molar-refractivity contribution is 0.282. The zero-order valence-corrected chi connectivity index (χ0v) is 8.18. The maximum absolute atomic E-state index is 8.83. The Hall–Kier alpha value is -0.770. The second-order valence-corrected chi connectivity index (χ2v) is 3.22. The van der Waals surface area contributed by atoms with Gasteiger partial charge in [0.2, 0.25) is 0 Å². The third-order valence-corrected chi connectivity index (χ3v) is 2.15. The molecule has 0 aliphatic rings. The summed E-state index contributed by atoms with van der Waals surface area (Å²) in [4.78, 5) is 0. The van der Waals surface area contributed by atoms with Gasteiger partial charge in [-0.2, -0.15) is 5.10 Å². The molecule has 0 spiro atoms. The van der Waals surface area contributed by atoms with Crippen molar-refractivity contribution in [3.05, 3.63) is 33.3 Å². The standard InChI is InChI=1S/C8H8Cl2N2O/c9-7-1-5(4-13)2-8(10)6(7)3-12-11/h1-3,13H,4,11H2. The molecule has 1 aromatic rings. The average Bonchev–Trinajstić information content (AvgIpc) is 2.11. The summed E-state index contributed by atoms with van der Waals surface area (Å²) in [5, 5.41) is 13.0. The van der Waals surface area contributed by atoms with E-state index in [0.717, 1.165) is 0 Å². The van der Waals surface area contributed by atoms with E-state index in [1.54, 1.807) is 12.1 Å². The average molecular weight is 219 g/mol. The third-order valence-electron chi connectivity index (χ3n) is 1.53. The molecule has 0 saturated carbocycles. The predicted molar refractivity (Wildman–Crippen MR) is 54.2 cm³/mol. The Morgan fingerprint density at radius 2 is 1.92 bits per heavy atom. The maximum atomic E-state index is 8.83. The minimum Gasteiger partial charge on any atom is -0.392 e. The molecule has 13 heavy (non-hydrogen) atoms. The molecule has 3 N–H and O–H groups in total. The smallest absolute Gasteiger partial charge is 0.0682 e. The van der Waals surface area contributed by atoms with Crippen molar-refractivity contribution < 1.29 is 5.11 Å². The van der Waals surface area contributed by atoms with E-state index in [2.05, 4.69) is 5.10 Å². The number of benzene rings is 1. The van der Waals surface area contributed by atoms with Crippen LogP contribution in [0.2, 0.25) is 10.0 Å². The number of nitrogens with two attached hydrogens (primary N) is 1. The van der Waals surface area contributed by atoms with Crippen LogP contribution >= 0.6 is 23.2 Å². The molecule has 0 fully saturated rings. The van der Waals surface area contributed by atoms with Gasteiger partial charge in [-0.3, -0.25) is 0 Å². The summed E-state index contributed by atoms with van der Waals surface area (Å²) in [5.41, 5.74) is 1.22. The van der Waals surface area contributed by atoms with Gasteiger partial charge < -0.3 is 10.9 Å². The van der Waals surface area contributed by atoms with Gasteiger partial charge in [-0.15, -0.1) is 0 Å². The van der Waals surface area contributed by atoms with E-state index in [1.165, 1.54) is 6.21 Å². The van der Waals surface area contributed by atoms with Gasteiger partial charge in [0.15, 0.2) is 0 Å². The van der Waals surface area contributed by atoms with E-state index >= 15 is 0 Å². The second kappa shape index (κ2) is 4.46. The van der Waals surface area contributed by atoms with Crippen LogP contribution in [0.4, 0.5) is 0 Å². The SMILES string of the molecule is NN=Cc1c(Cl)cc(CO)cc1Cl. The third kappa shape index (κ3) is 2.34. The highest BCUT2D eigenvalue weighted by Gasteiger charge is 2.05. The lowest BCUT2D eigenvalue weighted by atomic mass is 10.1. The van der Waals surface area contributed by atoms with Crippen molar-refractivity contribution >= 4 is 29.4 Å². The molecule has 0 aliphatic heterocycles. The molecule has 1 aromatic carbocycles. The van der Waals surface area contributed by atoms with Gasteiger partial charge in [-0.25, -0.2) is 0 Å². The van der Waals surface area contributed by atoms with Gasteiger partial charge in [0.05, 0.1) is 22.9 Å². The first kappa shape index (κ1) is 10.3. The van der Waals surface area contributed by atoms with Crippen molar-refractivity contribution in [3.8, 4) is 0 Å². The van der Waals surface area contributed by atoms with E-state index in [-0.39, 0.29) is 6.61 Å². The Morgan fingerprint density at radius 3 is 2.31 bits per heavy atom. The molecule has 3 nitrogen and oxygen atoms in total. The van der Waals surface area contributed by atoms with Gasteiger partial charge in [0, 0.05) is 5.56 Å². The van der Waals surface area contributed by atoms with Crippen LogP contribution in [0.5, 0.6) is 0 Å².